The molecule has 1 aromatic rings. The molecule has 0 radical (unpaired) electrons. The van der Waals surface area contributed by atoms with Gasteiger partial charge in [0.15, 0.2) is 0 Å². The summed E-state index contributed by atoms with van der Waals surface area (Å²) < 4.78 is 18.0. The molecular weight excluding hydrogens is 221 g/mol. The smallest absolute Gasteiger partial charge is 0.144 e. The molecule has 0 spiro atoms. The summed E-state index contributed by atoms with van der Waals surface area (Å²) in [6.45, 7) is 6.04. The zero-order valence-corrected chi connectivity index (χ0v) is 10.7. The summed E-state index contributed by atoms with van der Waals surface area (Å²) >= 11 is 0. The lowest BCUT2D eigenvalue weighted by Crippen LogP contribution is -2.38. The maximum absolute atomic E-state index is 13.0. The lowest BCUT2D eigenvalue weighted by atomic mass is 9.92. The quantitative estimate of drug-likeness (QED) is 0.832. The Morgan fingerprint density at radius 1 is 1.47 bits per heavy atom. The molecular formula is C13H20FNO2. The van der Waals surface area contributed by atoms with Crippen molar-refractivity contribution in [2.24, 2.45) is 5.92 Å². The minimum atomic E-state index is -0.820. The van der Waals surface area contributed by atoms with Crippen LogP contribution in [0.15, 0.2) is 18.2 Å². The first-order valence-electron chi connectivity index (χ1n) is 5.66. The monoisotopic (exact) mass is 241 g/mol. The van der Waals surface area contributed by atoms with E-state index in [1.807, 2.05) is 13.8 Å². The van der Waals surface area contributed by atoms with E-state index in [4.69, 9.17) is 4.74 Å². The fraction of sp³-hybridized carbons (Fsp3) is 0.538. The van der Waals surface area contributed by atoms with Gasteiger partial charge in [0.2, 0.25) is 0 Å². The van der Waals surface area contributed by atoms with Crippen molar-refractivity contribution in [2.75, 3.05) is 19.0 Å². The van der Waals surface area contributed by atoms with Crippen LogP contribution in [0.3, 0.4) is 0 Å². The summed E-state index contributed by atoms with van der Waals surface area (Å²) in [5.41, 5.74) is -0.144. The van der Waals surface area contributed by atoms with Crippen molar-refractivity contribution < 1.29 is 14.2 Å². The topological polar surface area (TPSA) is 41.5 Å². The van der Waals surface area contributed by atoms with Gasteiger partial charge in [0.05, 0.1) is 18.4 Å². The highest BCUT2D eigenvalue weighted by molar-refractivity contribution is 5.56. The van der Waals surface area contributed by atoms with Crippen LogP contribution in [0.25, 0.3) is 0 Å². The summed E-state index contributed by atoms with van der Waals surface area (Å²) in [4.78, 5) is 0. The summed E-state index contributed by atoms with van der Waals surface area (Å²) in [7, 11) is 1.49. The van der Waals surface area contributed by atoms with Gasteiger partial charge in [0, 0.05) is 12.6 Å². The van der Waals surface area contributed by atoms with Gasteiger partial charge in [0.25, 0.3) is 0 Å². The molecule has 0 heterocycles. The molecule has 4 heteroatoms. The summed E-state index contributed by atoms with van der Waals surface area (Å²) in [6, 6.07) is 4.27. The second-order valence-electron chi connectivity index (χ2n) is 4.71. The van der Waals surface area contributed by atoms with E-state index in [-0.39, 0.29) is 11.7 Å². The second-order valence-corrected chi connectivity index (χ2v) is 4.71. The third-order valence-corrected chi connectivity index (χ3v) is 3.04. The fourth-order valence-corrected chi connectivity index (χ4v) is 1.29. The van der Waals surface area contributed by atoms with E-state index in [2.05, 4.69) is 5.32 Å². The van der Waals surface area contributed by atoms with Gasteiger partial charge in [-0.15, -0.1) is 0 Å². The Kier molecular flexibility index (Phi) is 4.34. The normalized spacial score (nSPS) is 14.5. The Morgan fingerprint density at radius 3 is 2.65 bits per heavy atom. The predicted molar refractivity (Wildman–Crippen MR) is 66.9 cm³/mol. The van der Waals surface area contributed by atoms with Crippen LogP contribution in [0.2, 0.25) is 0 Å². The Hall–Kier alpha value is -1.29. The minimum Gasteiger partial charge on any atom is -0.494 e. The molecule has 1 unspecified atom stereocenters. The van der Waals surface area contributed by atoms with Gasteiger partial charge in [-0.25, -0.2) is 4.39 Å². The van der Waals surface area contributed by atoms with Crippen molar-refractivity contribution >= 4 is 5.69 Å². The third-order valence-electron chi connectivity index (χ3n) is 3.04. The zero-order valence-electron chi connectivity index (χ0n) is 10.7. The van der Waals surface area contributed by atoms with Gasteiger partial charge in [0.1, 0.15) is 11.6 Å². The first-order valence-corrected chi connectivity index (χ1v) is 5.66. The van der Waals surface area contributed by atoms with Crippen LogP contribution >= 0.6 is 0 Å². The van der Waals surface area contributed by atoms with Crippen molar-refractivity contribution in [3.05, 3.63) is 24.0 Å². The third kappa shape index (κ3) is 3.60. The van der Waals surface area contributed by atoms with E-state index in [1.165, 1.54) is 19.2 Å². The molecule has 1 atom stereocenters. The molecule has 3 nitrogen and oxygen atoms in total. The highest BCUT2D eigenvalue weighted by Crippen LogP contribution is 2.26. The van der Waals surface area contributed by atoms with Crippen LogP contribution in [0.4, 0.5) is 10.1 Å². The van der Waals surface area contributed by atoms with E-state index >= 15 is 0 Å². The molecule has 0 saturated heterocycles. The molecule has 0 fully saturated rings. The van der Waals surface area contributed by atoms with Gasteiger partial charge >= 0.3 is 0 Å². The number of aliphatic hydroxyl groups is 1. The van der Waals surface area contributed by atoms with Crippen molar-refractivity contribution in [3.8, 4) is 5.75 Å². The van der Waals surface area contributed by atoms with Crippen molar-refractivity contribution in [2.45, 2.75) is 26.4 Å². The number of hydrogen-bond acceptors (Lipinski definition) is 3. The number of nitrogens with one attached hydrogen (secondary N) is 1. The molecule has 2 N–H and O–H groups in total. The first kappa shape index (κ1) is 13.8. The molecule has 0 bridgehead atoms. The molecule has 0 aliphatic rings. The summed E-state index contributed by atoms with van der Waals surface area (Å²) in [6.07, 6.45) is 0. The van der Waals surface area contributed by atoms with Gasteiger partial charge in [-0.05, 0) is 25.0 Å². The van der Waals surface area contributed by atoms with Gasteiger partial charge in [-0.2, -0.15) is 0 Å². The summed E-state index contributed by atoms with van der Waals surface area (Å²) in [5, 5.41) is 13.2. The average Bonchev–Trinajstić information content (AvgIpc) is 2.27. The molecule has 0 amide bonds. The molecule has 1 rings (SSSR count). The number of methoxy groups -OCH3 is 1. The molecule has 17 heavy (non-hydrogen) atoms. The number of anilines is 1. The SMILES string of the molecule is COc1cc(F)ccc1NCC(C)(O)C(C)C. The lowest BCUT2D eigenvalue weighted by Gasteiger charge is -2.28. The average molecular weight is 241 g/mol. The standard InChI is InChI=1S/C13H20FNO2/c1-9(2)13(3,16)8-15-11-6-5-10(14)7-12(11)17-4/h5-7,9,15-16H,8H2,1-4H3. The molecule has 1 aromatic carbocycles. The maximum Gasteiger partial charge on any atom is 0.144 e. The molecule has 0 aliphatic heterocycles. The van der Waals surface area contributed by atoms with Crippen LogP contribution in [0, 0.1) is 11.7 Å². The Labute approximate surface area is 102 Å². The number of hydrogen-bond donors (Lipinski definition) is 2. The van der Waals surface area contributed by atoms with E-state index in [0.29, 0.717) is 18.0 Å². The fourth-order valence-electron chi connectivity index (χ4n) is 1.29. The lowest BCUT2D eigenvalue weighted by molar-refractivity contribution is 0.0266. The van der Waals surface area contributed by atoms with E-state index < -0.39 is 5.60 Å². The number of benzene rings is 1. The Balaban J connectivity index is 2.76. The molecule has 0 saturated carbocycles. The van der Waals surface area contributed by atoms with Crippen LogP contribution in [0.5, 0.6) is 5.75 Å². The number of rotatable bonds is 5. The van der Waals surface area contributed by atoms with Crippen LogP contribution < -0.4 is 10.1 Å². The van der Waals surface area contributed by atoms with E-state index in [0.717, 1.165) is 0 Å². The minimum absolute atomic E-state index is 0.126. The van der Waals surface area contributed by atoms with Crippen molar-refractivity contribution in [3.63, 3.8) is 0 Å². The largest absolute Gasteiger partial charge is 0.494 e. The van der Waals surface area contributed by atoms with Gasteiger partial charge in [-0.3, -0.25) is 0 Å². The number of halogens is 1. The van der Waals surface area contributed by atoms with Gasteiger partial charge < -0.3 is 15.2 Å². The molecule has 0 aliphatic carbocycles. The maximum atomic E-state index is 13.0. The number of ether oxygens (including phenoxy) is 1. The van der Waals surface area contributed by atoms with E-state index in [1.54, 1.807) is 13.0 Å². The first-order chi connectivity index (χ1) is 7.86. The van der Waals surface area contributed by atoms with Crippen molar-refractivity contribution in [1.82, 2.24) is 0 Å². The van der Waals surface area contributed by atoms with Crippen molar-refractivity contribution in [1.29, 1.82) is 0 Å². The Bertz CT molecular complexity index is 378. The predicted octanol–water partition coefficient (Wildman–Crippen LogP) is 2.65. The van der Waals surface area contributed by atoms with Gasteiger partial charge in [-0.1, -0.05) is 13.8 Å². The molecule has 96 valence electrons. The summed E-state index contributed by atoms with van der Waals surface area (Å²) in [5.74, 6) is 0.217. The van der Waals surface area contributed by atoms with E-state index in [9.17, 15) is 9.50 Å². The van der Waals surface area contributed by atoms with Crippen LogP contribution in [-0.2, 0) is 0 Å². The highest BCUT2D eigenvalue weighted by Gasteiger charge is 2.24. The second kappa shape index (κ2) is 5.36. The Morgan fingerprint density at radius 2 is 2.12 bits per heavy atom. The van der Waals surface area contributed by atoms with Crippen LogP contribution in [0.1, 0.15) is 20.8 Å². The molecule has 0 aromatic heterocycles. The highest BCUT2D eigenvalue weighted by atomic mass is 19.1. The zero-order chi connectivity index (χ0) is 13.1. The van der Waals surface area contributed by atoms with Crippen LogP contribution in [-0.4, -0.2) is 24.4 Å².